The lowest BCUT2D eigenvalue weighted by atomic mass is 9.94. The van der Waals surface area contributed by atoms with Crippen LogP contribution in [0.25, 0.3) is 0 Å². The number of unbranched alkanes of at least 4 members (excludes halogenated alkanes) is 4. The van der Waals surface area contributed by atoms with E-state index in [0.29, 0.717) is 32.0 Å². The quantitative estimate of drug-likeness (QED) is 0.260. The fraction of sp³-hybridized carbons (Fsp3) is 0.536. The van der Waals surface area contributed by atoms with E-state index in [2.05, 4.69) is 37.3 Å². The van der Waals surface area contributed by atoms with Gasteiger partial charge < -0.3 is 21.1 Å². The van der Waals surface area contributed by atoms with Crippen LogP contribution in [-0.4, -0.2) is 37.0 Å². The Kier molecular flexibility index (Phi) is 18.4. The molecule has 0 saturated carbocycles. The molecule has 4 N–H and O–H groups in total. The summed E-state index contributed by atoms with van der Waals surface area (Å²) in [6.07, 6.45) is 8.64. The highest BCUT2D eigenvalue weighted by molar-refractivity contribution is 5.85. The van der Waals surface area contributed by atoms with E-state index in [0.717, 1.165) is 30.6 Å². The van der Waals surface area contributed by atoms with Gasteiger partial charge in [-0.3, -0.25) is 4.79 Å². The zero-order valence-corrected chi connectivity index (χ0v) is 23.0. The zero-order chi connectivity index (χ0) is 23.9. The van der Waals surface area contributed by atoms with Crippen molar-refractivity contribution in [3.8, 4) is 5.75 Å². The van der Waals surface area contributed by atoms with Gasteiger partial charge in [0.2, 0.25) is 5.91 Å². The Labute approximate surface area is 224 Å². The lowest BCUT2D eigenvalue weighted by molar-refractivity contribution is -0.132. The Hall–Kier alpha value is -1.79. The molecule has 0 heterocycles. The number of halogens is 2. The molecule has 0 bridgehead atoms. The van der Waals surface area contributed by atoms with Crippen LogP contribution in [0.4, 0.5) is 0 Å². The molecule has 0 aliphatic carbocycles. The number of hydrogen-bond donors (Lipinski definition) is 2. The number of hydrogen-bond acceptors (Lipinski definition) is 4. The number of ether oxygens (including phenoxy) is 1. The normalized spacial score (nSPS) is 12.1. The predicted octanol–water partition coefficient (Wildman–Crippen LogP) is 6.08. The Morgan fingerprint density at radius 2 is 1.57 bits per heavy atom. The van der Waals surface area contributed by atoms with Gasteiger partial charge in [0, 0.05) is 19.5 Å². The third-order valence-electron chi connectivity index (χ3n) is 6.13. The number of benzene rings is 2. The van der Waals surface area contributed by atoms with Crippen molar-refractivity contribution in [2.45, 2.75) is 76.8 Å². The number of likely N-dealkylation sites (N-methyl/N-ethyl adjacent to an activating group) is 1. The van der Waals surface area contributed by atoms with Gasteiger partial charge >= 0.3 is 0 Å². The zero-order valence-electron chi connectivity index (χ0n) is 21.4. The van der Waals surface area contributed by atoms with E-state index in [4.69, 9.17) is 16.2 Å². The van der Waals surface area contributed by atoms with Crippen LogP contribution < -0.4 is 16.2 Å². The van der Waals surface area contributed by atoms with E-state index >= 15 is 0 Å². The lowest BCUT2D eigenvalue weighted by Crippen LogP contribution is -2.41. The standard InChI is InChI=1S/C28H43N3O2.2ClH/c1-3-4-5-7-14-25(24-12-8-6-9-13-24)22-33-26-18-16-23(17-19-26)21-31(2)28(32)27(30)15-10-11-20-29;;/h6,8-9,12-13,16-19,25,27H,3-5,7,10-11,14-15,20-22,29-30H2,1-2H3;2*1H/t25?,27-;;/m1../s1. The van der Waals surface area contributed by atoms with E-state index in [1.165, 1.54) is 31.2 Å². The first-order valence-electron chi connectivity index (χ1n) is 12.5. The van der Waals surface area contributed by atoms with E-state index in [9.17, 15) is 4.79 Å². The van der Waals surface area contributed by atoms with Crippen LogP contribution in [0.2, 0.25) is 0 Å². The number of nitrogens with zero attached hydrogens (tertiary/aromatic N) is 1. The van der Waals surface area contributed by atoms with Crippen molar-refractivity contribution in [3.63, 3.8) is 0 Å². The third kappa shape index (κ3) is 12.6. The van der Waals surface area contributed by atoms with Gasteiger partial charge in [0.15, 0.2) is 0 Å². The number of carbonyl (C=O) groups is 1. The van der Waals surface area contributed by atoms with Crippen molar-refractivity contribution in [2.75, 3.05) is 20.2 Å². The van der Waals surface area contributed by atoms with Gasteiger partial charge in [0.1, 0.15) is 5.75 Å². The highest BCUT2D eigenvalue weighted by Gasteiger charge is 2.18. The van der Waals surface area contributed by atoms with Gasteiger partial charge in [-0.2, -0.15) is 0 Å². The van der Waals surface area contributed by atoms with Gasteiger partial charge in [-0.05, 0) is 49.1 Å². The van der Waals surface area contributed by atoms with E-state index < -0.39 is 6.04 Å². The van der Waals surface area contributed by atoms with E-state index in [1.807, 2.05) is 24.3 Å². The Bertz CT molecular complexity index is 791. The molecule has 0 fully saturated rings. The Morgan fingerprint density at radius 1 is 0.914 bits per heavy atom. The molecule has 0 aliphatic rings. The van der Waals surface area contributed by atoms with Gasteiger partial charge in [0.05, 0.1) is 12.6 Å². The van der Waals surface area contributed by atoms with Crippen LogP contribution in [0.15, 0.2) is 54.6 Å². The van der Waals surface area contributed by atoms with Crippen molar-refractivity contribution in [2.24, 2.45) is 11.5 Å². The number of rotatable bonds is 16. The topological polar surface area (TPSA) is 81.6 Å². The summed E-state index contributed by atoms with van der Waals surface area (Å²) in [7, 11) is 1.80. The first-order valence-corrected chi connectivity index (χ1v) is 12.5. The molecule has 0 aromatic heterocycles. The van der Waals surface area contributed by atoms with Gasteiger partial charge in [-0.1, -0.05) is 81.5 Å². The minimum Gasteiger partial charge on any atom is -0.493 e. The van der Waals surface area contributed by atoms with Crippen LogP contribution in [0.1, 0.15) is 75.3 Å². The number of carbonyl (C=O) groups excluding carboxylic acids is 1. The van der Waals surface area contributed by atoms with Crippen molar-refractivity contribution in [3.05, 3.63) is 65.7 Å². The molecule has 0 radical (unpaired) electrons. The second kappa shape index (κ2) is 19.4. The molecule has 1 unspecified atom stereocenters. The second-order valence-corrected chi connectivity index (χ2v) is 9.00. The molecular weight excluding hydrogens is 481 g/mol. The summed E-state index contributed by atoms with van der Waals surface area (Å²) < 4.78 is 6.17. The fourth-order valence-electron chi connectivity index (χ4n) is 4.04. The van der Waals surface area contributed by atoms with Crippen LogP contribution in [-0.2, 0) is 11.3 Å². The maximum Gasteiger partial charge on any atom is 0.239 e. The van der Waals surface area contributed by atoms with Crippen LogP contribution in [0.3, 0.4) is 0 Å². The monoisotopic (exact) mass is 525 g/mol. The molecule has 0 spiro atoms. The average molecular weight is 527 g/mol. The molecule has 2 aromatic carbocycles. The van der Waals surface area contributed by atoms with Gasteiger partial charge in [-0.25, -0.2) is 0 Å². The molecule has 7 heteroatoms. The summed E-state index contributed by atoms with van der Waals surface area (Å²) in [5.41, 5.74) is 14.0. The molecule has 5 nitrogen and oxygen atoms in total. The Morgan fingerprint density at radius 3 is 2.20 bits per heavy atom. The van der Waals surface area contributed by atoms with Gasteiger partial charge in [0.25, 0.3) is 0 Å². The SMILES string of the molecule is CCCCCCC(COc1ccc(CN(C)C(=O)[C@H](N)CCCCN)cc1)c1ccccc1.Cl.Cl. The predicted molar refractivity (Wildman–Crippen MR) is 152 cm³/mol. The summed E-state index contributed by atoms with van der Waals surface area (Å²) in [4.78, 5) is 14.2. The van der Waals surface area contributed by atoms with Crippen molar-refractivity contribution in [1.82, 2.24) is 4.90 Å². The summed E-state index contributed by atoms with van der Waals surface area (Å²) in [6.45, 7) is 4.09. The molecule has 2 rings (SSSR count). The smallest absolute Gasteiger partial charge is 0.239 e. The van der Waals surface area contributed by atoms with Crippen molar-refractivity contribution in [1.29, 1.82) is 0 Å². The fourth-order valence-corrected chi connectivity index (χ4v) is 4.04. The number of amides is 1. The van der Waals surface area contributed by atoms with Crippen molar-refractivity contribution >= 4 is 30.7 Å². The minimum absolute atomic E-state index is 0. The molecule has 198 valence electrons. The maximum absolute atomic E-state index is 12.5. The highest BCUT2D eigenvalue weighted by atomic mass is 35.5. The van der Waals surface area contributed by atoms with Crippen LogP contribution in [0.5, 0.6) is 5.75 Å². The third-order valence-corrected chi connectivity index (χ3v) is 6.13. The largest absolute Gasteiger partial charge is 0.493 e. The van der Waals surface area contributed by atoms with Gasteiger partial charge in [-0.15, -0.1) is 24.8 Å². The van der Waals surface area contributed by atoms with E-state index in [-0.39, 0.29) is 30.7 Å². The minimum atomic E-state index is -0.462. The number of nitrogens with two attached hydrogens (primary N) is 2. The molecule has 0 aliphatic heterocycles. The first-order chi connectivity index (χ1) is 16.0. The van der Waals surface area contributed by atoms with Crippen molar-refractivity contribution < 1.29 is 9.53 Å². The highest BCUT2D eigenvalue weighted by Crippen LogP contribution is 2.24. The van der Waals surface area contributed by atoms with E-state index in [1.54, 1.807) is 11.9 Å². The molecule has 2 aromatic rings. The molecule has 2 atom stereocenters. The van der Waals surface area contributed by atoms with Crippen LogP contribution >= 0.6 is 24.8 Å². The molecular formula is C28H45Cl2N3O2. The first kappa shape index (κ1) is 33.2. The second-order valence-electron chi connectivity index (χ2n) is 9.00. The summed E-state index contributed by atoms with van der Waals surface area (Å²) in [5, 5.41) is 0. The Balaban J connectivity index is 0.00000578. The summed E-state index contributed by atoms with van der Waals surface area (Å²) in [6, 6.07) is 18.2. The lowest BCUT2D eigenvalue weighted by Gasteiger charge is -2.22. The maximum atomic E-state index is 12.5. The summed E-state index contributed by atoms with van der Waals surface area (Å²) >= 11 is 0. The van der Waals surface area contributed by atoms with Crippen LogP contribution in [0, 0.1) is 0 Å². The molecule has 35 heavy (non-hydrogen) atoms. The summed E-state index contributed by atoms with van der Waals surface area (Å²) in [5.74, 6) is 1.23. The average Bonchev–Trinajstić information content (AvgIpc) is 2.84. The molecule has 1 amide bonds. The molecule has 0 saturated heterocycles.